The first-order valence-electron chi connectivity index (χ1n) is 9.00. The van der Waals surface area contributed by atoms with E-state index in [0.29, 0.717) is 5.92 Å². The quantitative estimate of drug-likeness (QED) is 0.887. The minimum atomic E-state index is -0.0427. The Labute approximate surface area is 143 Å². The lowest BCUT2D eigenvalue weighted by molar-refractivity contribution is -0.110. The van der Waals surface area contributed by atoms with Crippen molar-refractivity contribution < 1.29 is 9.84 Å². The molecule has 1 saturated heterocycles. The molecule has 0 spiro atoms. The second kappa shape index (κ2) is 6.58. The Morgan fingerprint density at radius 3 is 2.71 bits per heavy atom. The van der Waals surface area contributed by atoms with Crippen molar-refractivity contribution in [2.45, 2.75) is 44.4 Å². The van der Waals surface area contributed by atoms with E-state index in [0.717, 1.165) is 19.3 Å². The van der Waals surface area contributed by atoms with Crippen LogP contribution in [-0.4, -0.2) is 17.8 Å². The monoisotopic (exact) mass is 323 g/mol. The van der Waals surface area contributed by atoms with Crippen molar-refractivity contribution in [1.82, 2.24) is 0 Å². The predicted molar refractivity (Wildman–Crippen MR) is 96.0 cm³/mol. The highest BCUT2D eigenvalue weighted by molar-refractivity contribution is 5.58. The smallest absolute Gasteiger partial charge is 0.0900 e. The third-order valence-corrected chi connectivity index (χ3v) is 5.48. The first-order valence-corrected chi connectivity index (χ1v) is 9.00. The summed E-state index contributed by atoms with van der Waals surface area (Å²) in [7, 11) is 0. The number of aliphatic hydroxyl groups excluding tert-OH is 1. The van der Waals surface area contributed by atoms with E-state index in [9.17, 15) is 5.11 Å². The van der Waals surface area contributed by atoms with Crippen LogP contribution in [0.2, 0.25) is 0 Å². The highest BCUT2D eigenvalue weighted by Gasteiger charge is 2.42. The zero-order chi connectivity index (χ0) is 16.5. The molecule has 0 saturated carbocycles. The summed E-state index contributed by atoms with van der Waals surface area (Å²) in [5.74, 6) is 0.398. The van der Waals surface area contributed by atoms with Crippen LogP contribution < -0.4 is 5.32 Å². The number of hydrogen-bond donors (Lipinski definition) is 2. The van der Waals surface area contributed by atoms with E-state index in [2.05, 4.69) is 60.8 Å². The molecule has 4 atom stereocenters. The Bertz CT molecular complexity index is 700. The van der Waals surface area contributed by atoms with E-state index in [1.54, 1.807) is 0 Å². The van der Waals surface area contributed by atoms with Crippen molar-refractivity contribution in [1.29, 1.82) is 0 Å². The predicted octanol–water partition coefficient (Wildman–Crippen LogP) is 4.24. The van der Waals surface area contributed by atoms with Crippen LogP contribution in [0.15, 0.2) is 48.5 Å². The fourth-order valence-electron chi connectivity index (χ4n) is 4.15. The number of aliphatic hydroxyl groups is 1. The maximum atomic E-state index is 9.57. The standard InChI is InChI=1S/C21H25NO2/c1-2-14-8-11-19-18(12-14)21-17(10-9-16(13-23)24-21)20(22-19)15-6-4-3-5-7-15/h3-8,11-12,16-17,20-23H,2,9-10,13H2,1H3/t16-,17+,20+,21+/m1/s1. The van der Waals surface area contributed by atoms with Gasteiger partial charge < -0.3 is 15.2 Å². The number of anilines is 1. The molecule has 2 aromatic rings. The van der Waals surface area contributed by atoms with E-state index in [4.69, 9.17) is 4.74 Å². The van der Waals surface area contributed by atoms with Crippen molar-refractivity contribution in [3.63, 3.8) is 0 Å². The molecule has 0 amide bonds. The van der Waals surface area contributed by atoms with Crippen molar-refractivity contribution >= 4 is 5.69 Å². The molecule has 2 heterocycles. The number of ether oxygens (including phenoxy) is 1. The zero-order valence-electron chi connectivity index (χ0n) is 14.1. The molecule has 2 N–H and O–H groups in total. The third-order valence-electron chi connectivity index (χ3n) is 5.48. The van der Waals surface area contributed by atoms with E-state index in [-0.39, 0.29) is 24.9 Å². The Balaban J connectivity index is 1.76. The summed E-state index contributed by atoms with van der Waals surface area (Å²) in [5, 5.41) is 13.3. The van der Waals surface area contributed by atoms with Crippen molar-refractivity contribution in [3.05, 3.63) is 65.2 Å². The second-order valence-electron chi connectivity index (χ2n) is 6.91. The summed E-state index contributed by atoms with van der Waals surface area (Å²) in [6.45, 7) is 2.29. The summed E-state index contributed by atoms with van der Waals surface area (Å²) >= 11 is 0. The molecule has 0 unspecified atom stereocenters. The summed E-state index contributed by atoms with van der Waals surface area (Å²) in [6.07, 6.45) is 3.03. The van der Waals surface area contributed by atoms with E-state index >= 15 is 0 Å². The molecule has 1 fully saturated rings. The van der Waals surface area contributed by atoms with Crippen LogP contribution in [-0.2, 0) is 11.2 Å². The second-order valence-corrected chi connectivity index (χ2v) is 6.91. The summed E-state index contributed by atoms with van der Waals surface area (Å²) in [6, 6.07) is 17.6. The topological polar surface area (TPSA) is 41.5 Å². The van der Waals surface area contributed by atoms with Crippen LogP contribution in [0, 0.1) is 5.92 Å². The van der Waals surface area contributed by atoms with Gasteiger partial charge in [0, 0.05) is 17.2 Å². The molecule has 3 nitrogen and oxygen atoms in total. The lowest BCUT2D eigenvalue weighted by Gasteiger charge is -2.45. The Morgan fingerprint density at radius 2 is 1.96 bits per heavy atom. The van der Waals surface area contributed by atoms with Crippen LogP contribution >= 0.6 is 0 Å². The normalized spacial score (nSPS) is 28.6. The minimum absolute atomic E-state index is 0.0427. The number of nitrogens with one attached hydrogen (secondary N) is 1. The van der Waals surface area contributed by atoms with Crippen molar-refractivity contribution in [2.75, 3.05) is 11.9 Å². The highest BCUT2D eigenvalue weighted by Crippen LogP contribution is 2.50. The summed E-state index contributed by atoms with van der Waals surface area (Å²) < 4.78 is 6.33. The molecular weight excluding hydrogens is 298 g/mol. The van der Waals surface area contributed by atoms with E-state index in [1.807, 2.05) is 0 Å². The molecule has 126 valence electrons. The van der Waals surface area contributed by atoms with Gasteiger partial charge in [-0.15, -0.1) is 0 Å². The van der Waals surface area contributed by atoms with Crippen molar-refractivity contribution in [2.24, 2.45) is 5.92 Å². The molecule has 0 radical (unpaired) electrons. The average molecular weight is 323 g/mol. The maximum Gasteiger partial charge on any atom is 0.0900 e. The molecule has 24 heavy (non-hydrogen) atoms. The van der Waals surface area contributed by atoms with Gasteiger partial charge in [-0.05, 0) is 36.5 Å². The molecule has 2 aliphatic heterocycles. The van der Waals surface area contributed by atoms with E-state index < -0.39 is 0 Å². The van der Waals surface area contributed by atoms with Gasteiger partial charge in [-0.3, -0.25) is 0 Å². The largest absolute Gasteiger partial charge is 0.394 e. The van der Waals surface area contributed by atoms with Gasteiger partial charge in [-0.25, -0.2) is 0 Å². The zero-order valence-corrected chi connectivity index (χ0v) is 14.1. The summed E-state index contributed by atoms with van der Waals surface area (Å²) in [4.78, 5) is 0. The van der Waals surface area contributed by atoms with Crippen LogP contribution in [0.5, 0.6) is 0 Å². The lowest BCUT2D eigenvalue weighted by Crippen LogP contribution is -2.40. The molecular formula is C21H25NO2. The maximum absolute atomic E-state index is 9.57. The summed E-state index contributed by atoms with van der Waals surface area (Å²) in [5.41, 5.74) is 5.07. The molecule has 0 bridgehead atoms. The van der Waals surface area contributed by atoms with Gasteiger partial charge in [0.15, 0.2) is 0 Å². The number of benzene rings is 2. The molecule has 2 aliphatic rings. The van der Waals surface area contributed by atoms with Crippen LogP contribution in [0.1, 0.15) is 48.6 Å². The van der Waals surface area contributed by atoms with Crippen LogP contribution in [0.4, 0.5) is 5.69 Å². The average Bonchev–Trinajstić information content (AvgIpc) is 2.67. The van der Waals surface area contributed by atoms with Crippen molar-refractivity contribution in [3.8, 4) is 0 Å². The van der Waals surface area contributed by atoms with Gasteiger partial charge in [0.1, 0.15) is 0 Å². The van der Waals surface area contributed by atoms with E-state index in [1.165, 1.54) is 22.4 Å². The van der Waals surface area contributed by atoms with Gasteiger partial charge in [-0.1, -0.05) is 49.4 Å². The van der Waals surface area contributed by atoms with Gasteiger partial charge >= 0.3 is 0 Å². The van der Waals surface area contributed by atoms with Gasteiger partial charge in [0.05, 0.1) is 24.9 Å². The van der Waals surface area contributed by atoms with Crippen LogP contribution in [0.3, 0.4) is 0 Å². The molecule has 4 rings (SSSR count). The first kappa shape index (κ1) is 15.7. The van der Waals surface area contributed by atoms with Gasteiger partial charge in [0.25, 0.3) is 0 Å². The SMILES string of the molecule is CCc1ccc2c(c1)[C@H]1O[C@@H](CO)CC[C@H]1[C@H](c1ccccc1)N2. The van der Waals surface area contributed by atoms with Crippen LogP contribution in [0.25, 0.3) is 0 Å². The Morgan fingerprint density at radius 1 is 1.12 bits per heavy atom. The fourth-order valence-corrected chi connectivity index (χ4v) is 4.15. The highest BCUT2D eigenvalue weighted by atomic mass is 16.5. The Kier molecular flexibility index (Phi) is 4.30. The fraction of sp³-hybridized carbons (Fsp3) is 0.429. The number of rotatable bonds is 3. The number of hydrogen-bond acceptors (Lipinski definition) is 3. The molecule has 0 aromatic heterocycles. The first-order chi connectivity index (χ1) is 11.8. The number of fused-ring (bicyclic) bond motifs is 3. The molecule has 3 heteroatoms. The molecule has 2 aromatic carbocycles. The minimum Gasteiger partial charge on any atom is -0.394 e. The van der Waals surface area contributed by atoms with Gasteiger partial charge in [0.2, 0.25) is 0 Å². The Hall–Kier alpha value is -1.84. The number of aryl methyl sites for hydroxylation is 1. The third kappa shape index (κ3) is 2.72. The van der Waals surface area contributed by atoms with Gasteiger partial charge in [-0.2, -0.15) is 0 Å². The molecule has 0 aliphatic carbocycles. The lowest BCUT2D eigenvalue weighted by atomic mass is 9.76.